The fourth-order valence-corrected chi connectivity index (χ4v) is 3.24. The molecular weight excluding hydrogens is 446 g/mol. The van der Waals surface area contributed by atoms with Gasteiger partial charge in [-0.2, -0.15) is 5.10 Å². The number of methoxy groups -OCH3 is 1. The molecule has 2 aromatic carbocycles. The molecule has 0 radical (unpaired) electrons. The molecule has 2 heterocycles. The topological polar surface area (TPSA) is 95.6 Å². The number of furan rings is 1. The van der Waals surface area contributed by atoms with Crippen molar-refractivity contribution in [1.29, 1.82) is 0 Å². The Hall–Kier alpha value is -4.04. The Balaban J connectivity index is 1.35. The number of halogens is 1. The van der Waals surface area contributed by atoms with Gasteiger partial charge in [0.1, 0.15) is 18.1 Å². The van der Waals surface area contributed by atoms with Crippen molar-refractivity contribution in [1.82, 2.24) is 9.78 Å². The second kappa shape index (κ2) is 10.1. The maximum atomic E-state index is 12.5. The molecule has 33 heavy (non-hydrogen) atoms. The van der Waals surface area contributed by atoms with Gasteiger partial charge in [-0.05, 0) is 48.0 Å². The van der Waals surface area contributed by atoms with Crippen LogP contribution in [-0.4, -0.2) is 28.8 Å². The van der Waals surface area contributed by atoms with Gasteiger partial charge in [-0.15, -0.1) is 0 Å². The van der Waals surface area contributed by atoms with Crippen molar-refractivity contribution < 1.29 is 23.5 Å². The van der Waals surface area contributed by atoms with E-state index < -0.39 is 11.9 Å². The van der Waals surface area contributed by atoms with E-state index in [0.717, 1.165) is 5.56 Å². The maximum absolute atomic E-state index is 12.5. The molecule has 0 aliphatic heterocycles. The molecule has 0 saturated heterocycles. The first-order valence-electron chi connectivity index (χ1n) is 9.99. The van der Waals surface area contributed by atoms with Crippen LogP contribution in [-0.2, 0) is 17.9 Å². The first kappa shape index (κ1) is 22.2. The zero-order chi connectivity index (χ0) is 23.2. The zero-order valence-corrected chi connectivity index (χ0v) is 18.4. The van der Waals surface area contributed by atoms with E-state index in [-0.39, 0.29) is 12.4 Å². The van der Waals surface area contributed by atoms with Crippen molar-refractivity contribution in [2.45, 2.75) is 13.2 Å². The molecule has 0 unspecified atom stereocenters. The minimum absolute atomic E-state index is 0.147. The van der Waals surface area contributed by atoms with Crippen LogP contribution < -0.4 is 10.1 Å². The molecule has 0 spiro atoms. The predicted molar refractivity (Wildman–Crippen MR) is 122 cm³/mol. The number of carbonyl (C=O) groups is 2. The lowest BCUT2D eigenvalue weighted by Gasteiger charge is -2.07. The summed E-state index contributed by atoms with van der Waals surface area (Å²) in [5, 5.41) is 7.61. The first-order valence-corrected chi connectivity index (χ1v) is 10.4. The average Bonchev–Trinajstić information content (AvgIpc) is 3.48. The van der Waals surface area contributed by atoms with Crippen LogP contribution in [0, 0.1) is 0 Å². The van der Waals surface area contributed by atoms with Gasteiger partial charge in [-0.1, -0.05) is 29.8 Å². The van der Waals surface area contributed by atoms with Crippen LogP contribution in [0.15, 0.2) is 77.5 Å². The molecule has 0 saturated carbocycles. The van der Waals surface area contributed by atoms with Crippen LogP contribution in [0.5, 0.6) is 5.75 Å². The summed E-state index contributed by atoms with van der Waals surface area (Å²) >= 11 is 5.86. The van der Waals surface area contributed by atoms with Crippen molar-refractivity contribution in [3.63, 3.8) is 0 Å². The summed E-state index contributed by atoms with van der Waals surface area (Å²) in [6, 6.07) is 17.3. The molecule has 9 heteroatoms. The lowest BCUT2D eigenvalue weighted by Crippen LogP contribution is -2.11. The van der Waals surface area contributed by atoms with E-state index in [4.69, 9.17) is 25.5 Å². The zero-order valence-electron chi connectivity index (χ0n) is 17.7. The summed E-state index contributed by atoms with van der Waals surface area (Å²) in [5.41, 5.74) is 1.71. The lowest BCUT2D eigenvalue weighted by molar-refractivity contribution is 0.0599. The molecule has 2 aromatic heterocycles. The Morgan fingerprint density at radius 1 is 1.09 bits per heavy atom. The molecule has 0 bridgehead atoms. The van der Waals surface area contributed by atoms with Crippen molar-refractivity contribution in [2.24, 2.45) is 0 Å². The summed E-state index contributed by atoms with van der Waals surface area (Å²) in [5.74, 6) is 0.462. The number of rotatable bonds is 8. The second-order valence-corrected chi connectivity index (χ2v) is 7.47. The monoisotopic (exact) mass is 465 g/mol. The minimum Gasteiger partial charge on any atom is -0.486 e. The van der Waals surface area contributed by atoms with Gasteiger partial charge in [0.15, 0.2) is 5.76 Å². The molecule has 1 N–H and O–H groups in total. The number of anilines is 1. The highest BCUT2D eigenvalue weighted by atomic mass is 35.5. The van der Waals surface area contributed by atoms with Crippen LogP contribution in [0.2, 0.25) is 5.02 Å². The average molecular weight is 466 g/mol. The minimum atomic E-state index is -0.417. The molecule has 168 valence electrons. The third-order valence-electron chi connectivity index (χ3n) is 4.73. The smallest absolute Gasteiger partial charge is 0.338 e. The normalized spacial score (nSPS) is 10.6. The van der Waals surface area contributed by atoms with E-state index in [0.29, 0.717) is 34.3 Å². The van der Waals surface area contributed by atoms with Crippen molar-refractivity contribution in [3.05, 3.63) is 101 Å². The Bertz CT molecular complexity index is 1260. The highest BCUT2D eigenvalue weighted by Gasteiger charge is 2.15. The van der Waals surface area contributed by atoms with Crippen LogP contribution in [0.25, 0.3) is 0 Å². The molecule has 0 fully saturated rings. The first-order chi connectivity index (χ1) is 16.0. The summed E-state index contributed by atoms with van der Waals surface area (Å²) in [4.78, 5) is 24.5. The van der Waals surface area contributed by atoms with Crippen molar-refractivity contribution in [3.8, 4) is 5.75 Å². The fourth-order valence-electron chi connectivity index (χ4n) is 3.11. The number of esters is 1. The number of hydrogen-bond donors (Lipinski definition) is 1. The van der Waals surface area contributed by atoms with Gasteiger partial charge in [0.2, 0.25) is 0 Å². The van der Waals surface area contributed by atoms with Crippen LogP contribution in [0.3, 0.4) is 0 Å². The van der Waals surface area contributed by atoms with Gasteiger partial charge in [0.05, 0.1) is 31.1 Å². The standard InChI is InChI=1S/C24H20ClN3O5/c1-31-24(30)21-5-3-2-4-16(21)13-28-14-18(12-26-28)27-23(29)22-11-10-20(33-22)15-32-19-8-6-17(25)7-9-19/h2-12,14H,13,15H2,1H3,(H,27,29). The number of nitrogens with zero attached hydrogens (tertiary/aromatic N) is 2. The largest absolute Gasteiger partial charge is 0.486 e. The Morgan fingerprint density at radius 3 is 2.67 bits per heavy atom. The van der Waals surface area contributed by atoms with E-state index in [9.17, 15) is 9.59 Å². The SMILES string of the molecule is COC(=O)c1ccccc1Cn1cc(NC(=O)c2ccc(COc3ccc(Cl)cc3)o2)cn1. The van der Waals surface area contributed by atoms with Crippen LogP contribution >= 0.6 is 11.6 Å². The van der Waals surface area contributed by atoms with Gasteiger partial charge in [0.25, 0.3) is 5.91 Å². The van der Waals surface area contributed by atoms with Gasteiger partial charge >= 0.3 is 5.97 Å². The molecular formula is C24H20ClN3O5. The highest BCUT2D eigenvalue weighted by Crippen LogP contribution is 2.19. The van der Waals surface area contributed by atoms with Gasteiger partial charge in [-0.25, -0.2) is 4.79 Å². The lowest BCUT2D eigenvalue weighted by atomic mass is 10.1. The number of amides is 1. The van der Waals surface area contributed by atoms with Crippen molar-refractivity contribution >= 4 is 29.2 Å². The van der Waals surface area contributed by atoms with E-state index in [1.807, 2.05) is 12.1 Å². The molecule has 0 aliphatic carbocycles. The summed E-state index contributed by atoms with van der Waals surface area (Å²) in [6.07, 6.45) is 3.19. The van der Waals surface area contributed by atoms with Gasteiger partial charge < -0.3 is 19.2 Å². The fraction of sp³-hybridized carbons (Fsp3) is 0.125. The van der Waals surface area contributed by atoms with E-state index in [2.05, 4.69) is 10.4 Å². The predicted octanol–water partition coefficient (Wildman–Crippen LogP) is 4.80. The Morgan fingerprint density at radius 2 is 1.88 bits per heavy atom. The van der Waals surface area contributed by atoms with Gasteiger partial charge in [-0.3, -0.25) is 9.48 Å². The van der Waals surface area contributed by atoms with E-state index in [1.165, 1.54) is 13.3 Å². The summed E-state index contributed by atoms with van der Waals surface area (Å²) in [7, 11) is 1.34. The third kappa shape index (κ3) is 5.61. The third-order valence-corrected chi connectivity index (χ3v) is 4.98. The quantitative estimate of drug-likeness (QED) is 0.376. The summed E-state index contributed by atoms with van der Waals surface area (Å²) in [6.45, 7) is 0.514. The van der Waals surface area contributed by atoms with Crippen LogP contribution in [0.1, 0.15) is 32.2 Å². The van der Waals surface area contributed by atoms with Crippen molar-refractivity contribution in [2.75, 3.05) is 12.4 Å². The van der Waals surface area contributed by atoms with E-state index in [1.54, 1.807) is 59.4 Å². The summed E-state index contributed by atoms with van der Waals surface area (Å²) < 4.78 is 17.6. The molecule has 0 atom stereocenters. The maximum Gasteiger partial charge on any atom is 0.338 e. The molecule has 8 nitrogen and oxygen atoms in total. The molecule has 1 amide bonds. The number of nitrogens with one attached hydrogen (secondary N) is 1. The highest BCUT2D eigenvalue weighted by molar-refractivity contribution is 6.30. The van der Waals surface area contributed by atoms with E-state index >= 15 is 0 Å². The number of carbonyl (C=O) groups excluding carboxylic acids is 2. The molecule has 0 aliphatic rings. The number of aromatic nitrogens is 2. The number of benzene rings is 2. The van der Waals surface area contributed by atoms with Gasteiger partial charge in [0, 0.05) is 11.2 Å². The van der Waals surface area contributed by atoms with Crippen LogP contribution in [0.4, 0.5) is 5.69 Å². The second-order valence-electron chi connectivity index (χ2n) is 7.04. The number of hydrogen-bond acceptors (Lipinski definition) is 6. The molecule has 4 rings (SSSR count). The number of ether oxygens (including phenoxy) is 2. The molecule has 4 aromatic rings. The Kier molecular flexibility index (Phi) is 6.75. The Labute approximate surface area is 194 Å².